The van der Waals surface area contributed by atoms with Crippen molar-refractivity contribution in [3.8, 4) is 0 Å². The lowest BCUT2D eigenvalue weighted by Gasteiger charge is -2.34. The highest BCUT2D eigenvalue weighted by Gasteiger charge is 2.40. The zero-order valence-electron chi connectivity index (χ0n) is 13.1. The highest BCUT2D eigenvalue weighted by Crippen LogP contribution is 2.31. The lowest BCUT2D eigenvalue weighted by atomic mass is 9.84. The van der Waals surface area contributed by atoms with E-state index in [0.717, 1.165) is 11.5 Å². The minimum Gasteiger partial charge on any atom is -0.369 e. The number of rotatable bonds is 3. The lowest BCUT2D eigenvalue weighted by Crippen LogP contribution is -2.50. The number of benzene rings is 1. The molecule has 1 aromatic carbocycles. The highest BCUT2D eigenvalue weighted by molar-refractivity contribution is 5.87. The lowest BCUT2D eigenvalue weighted by molar-refractivity contribution is -0.160. The first-order chi connectivity index (χ1) is 11.1. The van der Waals surface area contributed by atoms with Crippen molar-refractivity contribution in [3.05, 3.63) is 35.9 Å². The summed E-state index contributed by atoms with van der Waals surface area (Å²) >= 11 is 0. The summed E-state index contributed by atoms with van der Waals surface area (Å²) in [4.78, 5) is 26.3. The fourth-order valence-corrected chi connectivity index (χ4v) is 3.71. The number of carbonyl (C=O) groups is 2. The van der Waals surface area contributed by atoms with Crippen LogP contribution in [0, 0.1) is 11.8 Å². The Balaban J connectivity index is 1.67. The first-order valence-electron chi connectivity index (χ1n) is 8.13. The Morgan fingerprint density at radius 3 is 2.48 bits per heavy atom. The van der Waals surface area contributed by atoms with Gasteiger partial charge in [-0.2, -0.15) is 5.06 Å². The highest BCUT2D eigenvalue weighted by atomic mass is 16.5. The molecule has 1 aromatic rings. The van der Waals surface area contributed by atoms with Gasteiger partial charge >= 0.3 is 0 Å². The van der Waals surface area contributed by atoms with Crippen LogP contribution in [0.15, 0.2) is 30.3 Å². The van der Waals surface area contributed by atoms with Gasteiger partial charge in [0.15, 0.2) is 0 Å². The number of primary amides is 1. The van der Waals surface area contributed by atoms with E-state index in [0.29, 0.717) is 32.0 Å². The van der Waals surface area contributed by atoms with Crippen LogP contribution >= 0.6 is 0 Å². The molecule has 2 heterocycles. The van der Waals surface area contributed by atoms with Crippen LogP contribution in [-0.4, -0.2) is 53.2 Å². The molecule has 3 rings (SSSR count). The predicted octanol–water partition coefficient (Wildman–Crippen LogP) is 0.815. The van der Waals surface area contributed by atoms with Gasteiger partial charge < -0.3 is 15.8 Å². The van der Waals surface area contributed by atoms with Crippen LogP contribution in [0.4, 0.5) is 0 Å². The monoisotopic (exact) mass is 317 g/mol. The molecule has 0 aliphatic carbocycles. The molecule has 0 radical (unpaired) electrons. The van der Waals surface area contributed by atoms with Crippen molar-refractivity contribution in [2.24, 2.45) is 17.6 Å². The van der Waals surface area contributed by atoms with E-state index in [9.17, 15) is 14.8 Å². The number of hydroxylamine groups is 2. The van der Waals surface area contributed by atoms with Crippen LogP contribution in [-0.2, 0) is 9.59 Å². The van der Waals surface area contributed by atoms with Crippen molar-refractivity contribution in [3.63, 3.8) is 0 Å². The predicted molar refractivity (Wildman–Crippen MR) is 84.5 cm³/mol. The molecule has 6 heteroatoms. The number of nitrogens with zero attached hydrogens (tertiary/aromatic N) is 2. The molecule has 0 spiro atoms. The Hall–Kier alpha value is -1.92. The SMILES string of the molecule is NC(=O)C1CN(O)CCC1C(=O)N1CC[C@H](c2ccccc2)C1. The Bertz CT molecular complexity index is 578. The largest absolute Gasteiger partial charge is 0.369 e. The van der Waals surface area contributed by atoms with Gasteiger partial charge in [0, 0.05) is 32.1 Å². The third-order valence-corrected chi connectivity index (χ3v) is 5.04. The molecule has 2 aliphatic heterocycles. The molecule has 0 saturated carbocycles. The molecule has 23 heavy (non-hydrogen) atoms. The summed E-state index contributed by atoms with van der Waals surface area (Å²) in [5.41, 5.74) is 6.68. The maximum absolute atomic E-state index is 12.8. The molecule has 2 amide bonds. The molecule has 6 nitrogen and oxygen atoms in total. The topological polar surface area (TPSA) is 86.9 Å². The zero-order chi connectivity index (χ0) is 16.4. The summed E-state index contributed by atoms with van der Waals surface area (Å²) in [5, 5.41) is 10.7. The number of carbonyl (C=O) groups excluding carboxylic acids is 2. The van der Waals surface area contributed by atoms with Gasteiger partial charge in [0.1, 0.15) is 0 Å². The van der Waals surface area contributed by atoms with E-state index in [1.54, 1.807) is 0 Å². The van der Waals surface area contributed by atoms with Gasteiger partial charge in [0.05, 0.1) is 11.8 Å². The molecule has 0 aromatic heterocycles. The van der Waals surface area contributed by atoms with Crippen LogP contribution < -0.4 is 5.73 Å². The van der Waals surface area contributed by atoms with E-state index < -0.39 is 17.7 Å². The molecule has 2 fully saturated rings. The minimum atomic E-state index is -0.614. The van der Waals surface area contributed by atoms with Crippen molar-refractivity contribution in [2.75, 3.05) is 26.2 Å². The number of likely N-dealkylation sites (tertiary alicyclic amines) is 1. The van der Waals surface area contributed by atoms with Gasteiger partial charge in [-0.3, -0.25) is 9.59 Å². The summed E-state index contributed by atoms with van der Waals surface area (Å²) in [6.45, 7) is 1.94. The maximum atomic E-state index is 12.8. The van der Waals surface area contributed by atoms with Crippen LogP contribution in [0.2, 0.25) is 0 Å². The Morgan fingerprint density at radius 2 is 1.78 bits per heavy atom. The summed E-state index contributed by atoms with van der Waals surface area (Å²) in [7, 11) is 0. The average molecular weight is 317 g/mol. The van der Waals surface area contributed by atoms with E-state index in [4.69, 9.17) is 5.73 Å². The smallest absolute Gasteiger partial charge is 0.226 e. The van der Waals surface area contributed by atoms with E-state index in [1.165, 1.54) is 5.56 Å². The summed E-state index contributed by atoms with van der Waals surface area (Å²) < 4.78 is 0. The minimum absolute atomic E-state index is 0.000307. The van der Waals surface area contributed by atoms with E-state index >= 15 is 0 Å². The summed E-state index contributed by atoms with van der Waals surface area (Å²) in [5.74, 6) is -1.19. The van der Waals surface area contributed by atoms with Crippen molar-refractivity contribution in [1.29, 1.82) is 0 Å². The second-order valence-corrected chi connectivity index (χ2v) is 6.50. The number of nitrogens with two attached hydrogens (primary N) is 1. The van der Waals surface area contributed by atoms with Crippen molar-refractivity contribution in [1.82, 2.24) is 9.96 Å². The Kier molecular flexibility index (Phi) is 4.63. The fourth-order valence-electron chi connectivity index (χ4n) is 3.71. The third-order valence-electron chi connectivity index (χ3n) is 5.04. The summed E-state index contributed by atoms with van der Waals surface area (Å²) in [6, 6.07) is 10.2. The van der Waals surface area contributed by atoms with Gasteiger partial charge in [0.2, 0.25) is 11.8 Å². The van der Waals surface area contributed by atoms with Crippen LogP contribution in [0.25, 0.3) is 0 Å². The Morgan fingerprint density at radius 1 is 1.04 bits per heavy atom. The average Bonchev–Trinajstić information content (AvgIpc) is 3.05. The molecule has 3 atom stereocenters. The van der Waals surface area contributed by atoms with Gasteiger partial charge in [-0.25, -0.2) is 0 Å². The maximum Gasteiger partial charge on any atom is 0.226 e. The molecule has 0 bridgehead atoms. The van der Waals surface area contributed by atoms with Gasteiger partial charge in [-0.05, 0) is 18.4 Å². The number of hydrogen-bond donors (Lipinski definition) is 2. The zero-order valence-corrected chi connectivity index (χ0v) is 13.1. The van der Waals surface area contributed by atoms with Crippen LogP contribution in [0.3, 0.4) is 0 Å². The third kappa shape index (κ3) is 3.38. The van der Waals surface area contributed by atoms with Crippen molar-refractivity contribution in [2.45, 2.75) is 18.8 Å². The second kappa shape index (κ2) is 6.68. The summed E-state index contributed by atoms with van der Waals surface area (Å²) in [6.07, 6.45) is 1.41. The molecule has 3 N–H and O–H groups in total. The molecule has 2 saturated heterocycles. The van der Waals surface area contributed by atoms with Gasteiger partial charge in [0.25, 0.3) is 0 Å². The first kappa shape index (κ1) is 16.0. The number of amides is 2. The molecule has 2 aliphatic rings. The normalized spacial score (nSPS) is 28.7. The molecule has 124 valence electrons. The van der Waals surface area contributed by atoms with E-state index in [1.807, 2.05) is 23.1 Å². The van der Waals surface area contributed by atoms with Crippen LogP contribution in [0.1, 0.15) is 24.3 Å². The standard InChI is InChI=1S/C17H23N3O3/c18-16(21)15-11-20(23)9-7-14(15)17(22)19-8-6-13(10-19)12-4-2-1-3-5-12/h1-5,13-15,23H,6-11H2,(H2,18,21)/t13-,14?,15?/m0/s1. The van der Waals surface area contributed by atoms with Gasteiger partial charge in [-0.15, -0.1) is 0 Å². The molecular formula is C17H23N3O3. The van der Waals surface area contributed by atoms with E-state index in [-0.39, 0.29) is 12.5 Å². The number of hydrogen-bond acceptors (Lipinski definition) is 4. The van der Waals surface area contributed by atoms with Crippen LogP contribution in [0.5, 0.6) is 0 Å². The fraction of sp³-hybridized carbons (Fsp3) is 0.529. The quantitative estimate of drug-likeness (QED) is 0.864. The van der Waals surface area contributed by atoms with Crippen molar-refractivity contribution >= 4 is 11.8 Å². The molecular weight excluding hydrogens is 294 g/mol. The van der Waals surface area contributed by atoms with Gasteiger partial charge in [-0.1, -0.05) is 30.3 Å². The Labute approximate surface area is 135 Å². The molecule has 2 unspecified atom stereocenters. The number of piperidine rings is 1. The van der Waals surface area contributed by atoms with E-state index in [2.05, 4.69) is 12.1 Å². The van der Waals surface area contributed by atoms with Crippen molar-refractivity contribution < 1.29 is 14.8 Å². The second-order valence-electron chi connectivity index (χ2n) is 6.50. The first-order valence-corrected chi connectivity index (χ1v) is 8.13.